The van der Waals surface area contributed by atoms with Crippen molar-refractivity contribution in [3.63, 3.8) is 0 Å². The molecule has 2 saturated heterocycles. The van der Waals surface area contributed by atoms with Gasteiger partial charge in [-0.25, -0.2) is 0 Å². The van der Waals surface area contributed by atoms with E-state index in [9.17, 15) is 4.79 Å². The van der Waals surface area contributed by atoms with Crippen molar-refractivity contribution in [1.82, 2.24) is 24.3 Å². The van der Waals surface area contributed by atoms with Gasteiger partial charge in [-0.1, -0.05) is 6.07 Å². The summed E-state index contributed by atoms with van der Waals surface area (Å²) in [7, 11) is 0. The number of aromatic amines is 1. The minimum absolute atomic E-state index is 0.217. The van der Waals surface area contributed by atoms with Crippen LogP contribution in [0.3, 0.4) is 0 Å². The number of H-pyrrole nitrogens is 1. The first-order valence-corrected chi connectivity index (χ1v) is 11.4. The first-order valence-electron chi connectivity index (χ1n) is 11.4. The van der Waals surface area contributed by atoms with Crippen molar-refractivity contribution < 1.29 is 4.74 Å². The average molecular weight is 420 g/mol. The Bertz CT molecular complexity index is 1150. The highest BCUT2D eigenvalue weighted by Crippen LogP contribution is 2.36. The molecule has 2 atom stereocenters. The van der Waals surface area contributed by atoms with Crippen LogP contribution in [0.4, 0.5) is 0 Å². The molecule has 0 aliphatic carbocycles. The van der Waals surface area contributed by atoms with Gasteiger partial charge in [0.15, 0.2) is 0 Å². The van der Waals surface area contributed by atoms with Crippen molar-refractivity contribution in [2.24, 2.45) is 5.92 Å². The molecule has 3 aliphatic heterocycles. The average Bonchev–Trinajstić information content (AvgIpc) is 3.20. The Morgan fingerprint density at radius 3 is 2.81 bits per heavy atom. The molecule has 0 amide bonds. The van der Waals surface area contributed by atoms with Gasteiger partial charge in [-0.3, -0.25) is 19.6 Å². The van der Waals surface area contributed by atoms with Gasteiger partial charge in [0.05, 0.1) is 13.2 Å². The summed E-state index contributed by atoms with van der Waals surface area (Å²) in [4.78, 5) is 25.8. The Labute approximate surface area is 181 Å². The van der Waals surface area contributed by atoms with Crippen LogP contribution in [0.25, 0.3) is 10.9 Å². The lowest BCUT2D eigenvalue weighted by atomic mass is 9.82. The zero-order chi connectivity index (χ0) is 20.8. The minimum Gasteiger partial charge on any atom is -0.379 e. The van der Waals surface area contributed by atoms with Crippen molar-refractivity contribution in [3.8, 4) is 0 Å². The summed E-state index contributed by atoms with van der Waals surface area (Å²) < 4.78 is 7.53. The number of rotatable bonds is 4. The van der Waals surface area contributed by atoms with Crippen LogP contribution in [0.2, 0.25) is 0 Å². The fourth-order valence-electron chi connectivity index (χ4n) is 5.73. The summed E-state index contributed by atoms with van der Waals surface area (Å²) in [5.41, 5.74) is 4.81. The van der Waals surface area contributed by atoms with Gasteiger partial charge in [0.1, 0.15) is 0 Å². The fraction of sp³-hybridized carbons (Fsp3) is 0.500. The van der Waals surface area contributed by atoms with Crippen LogP contribution in [0.5, 0.6) is 0 Å². The Hall–Kier alpha value is -2.48. The van der Waals surface area contributed by atoms with E-state index in [1.165, 1.54) is 23.1 Å². The molecule has 3 aromatic heterocycles. The maximum atomic E-state index is 13.3. The van der Waals surface area contributed by atoms with Crippen LogP contribution < -0.4 is 5.56 Å². The standard InChI is InChI=1S/C24H29N5O2/c30-24-18(14-27-5-7-31-8-6-27)1-2-23-19-9-17(13-29(23)24)12-28(15-19)16-20-10-26-22-3-4-25-11-21(20)22/h1-4,10-11,17,19,26H,5-9,12-16H2/t17-,19+/m0/s1. The number of nitrogens with zero attached hydrogens (tertiary/aromatic N) is 4. The lowest BCUT2D eigenvalue weighted by molar-refractivity contribution is 0.0338. The quantitative estimate of drug-likeness (QED) is 0.702. The Kier molecular flexibility index (Phi) is 4.89. The Balaban J connectivity index is 1.22. The number of nitrogens with one attached hydrogen (secondary N) is 1. The molecule has 1 N–H and O–H groups in total. The van der Waals surface area contributed by atoms with E-state index in [0.29, 0.717) is 11.8 Å². The molecule has 0 saturated carbocycles. The lowest BCUT2D eigenvalue weighted by Crippen LogP contribution is -2.47. The molecule has 31 heavy (non-hydrogen) atoms. The van der Waals surface area contributed by atoms with Gasteiger partial charge < -0.3 is 14.3 Å². The van der Waals surface area contributed by atoms with Gasteiger partial charge in [0.2, 0.25) is 0 Å². The van der Waals surface area contributed by atoms with Crippen LogP contribution >= 0.6 is 0 Å². The molecule has 6 heterocycles. The number of piperidine rings is 1. The van der Waals surface area contributed by atoms with Crippen LogP contribution in [0.1, 0.15) is 29.2 Å². The number of morpholine rings is 1. The summed E-state index contributed by atoms with van der Waals surface area (Å²) in [6, 6.07) is 6.33. The zero-order valence-electron chi connectivity index (χ0n) is 17.8. The highest BCUT2D eigenvalue weighted by molar-refractivity contribution is 5.81. The van der Waals surface area contributed by atoms with E-state index in [2.05, 4.69) is 42.7 Å². The number of pyridine rings is 2. The first-order chi connectivity index (χ1) is 15.2. The van der Waals surface area contributed by atoms with Crippen molar-refractivity contribution in [2.75, 3.05) is 39.4 Å². The molecule has 0 spiro atoms. The maximum absolute atomic E-state index is 13.3. The van der Waals surface area contributed by atoms with Crippen molar-refractivity contribution in [1.29, 1.82) is 0 Å². The molecular formula is C24H29N5O2. The van der Waals surface area contributed by atoms with Crippen molar-refractivity contribution >= 4 is 10.9 Å². The molecule has 0 aromatic carbocycles. The molecule has 7 heteroatoms. The molecule has 3 aromatic rings. The molecule has 0 unspecified atom stereocenters. The van der Waals surface area contributed by atoms with Gasteiger partial charge >= 0.3 is 0 Å². The summed E-state index contributed by atoms with van der Waals surface area (Å²) in [5, 5.41) is 1.21. The third-order valence-corrected chi connectivity index (χ3v) is 7.22. The summed E-state index contributed by atoms with van der Waals surface area (Å²) in [6.07, 6.45) is 7.09. The maximum Gasteiger partial charge on any atom is 0.255 e. The van der Waals surface area contributed by atoms with E-state index in [-0.39, 0.29) is 5.56 Å². The SMILES string of the molecule is O=c1c(CN2CCOCC2)ccc2n1C[C@H]1C[C@@H]2CN(Cc2c[nH]c3ccncc23)C1. The highest BCUT2D eigenvalue weighted by atomic mass is 16.5. The molecule has 6 rings (SSSR count). The topological polar surface area (TPSA) is 66.4 Å². The monoisotopic (exact) mass is 419 g/mol. The summed E-state index contributed by atoms with van der Waals surface area (Å²) in [5.74, 6) is 0.965. The number of fused-ring (bicyclic) bond motifs is 5. The van der Waals surface area contributed by atoms with Crippen molar-refractivity contribution in [3.05, 3.63) is 64.0 Å². The summed E-state index contributed by atoms with van der Waals surface area (Å²) >= 11 is 0. The molecule has 162 valence electrons. The predicted octanol–water partition coefficient (Wildman–Crippen LogP) is 2.18. The van der Waals surface area contributed by atoms with Gasteiger partial charge in [-0.2, -0.15) is 0 Å². The van der Waals surface area contributed by atoms with E-state index >= 15 is 0 Å². The first kappa shape index (κ1) is 19.2. The smallest absolute Gasteiger partial charge is 0.255 e. The largest absolute Gasteiger partial charge is 0.379 e. The second-order valence-corrected chi connectivity index (χ2v) is 9.32. The van der Waals surface area contributed by atoms with Gasteiger partial charge in [0.25, 0.3) is 5.56 Å². The van der Waals surface area contributed by atoms with Gasteiger partial charge in [0, 0.05) is 92.5 Å². The number of hydrogen-bond acceptors (Lipinski definition) is 5. The third kappa shape index (κ3) is 3.60. The second-order valence-electron chi connectivity index (χ2n) is 9.32. The van der Waals surface area contributed by atoms with Gasteiger partial charge in [-0.15, -0.1) is 0 Å². The van der Waals surface area contributed by atoms with Crippen LogP contribution in [0, 0.1) is 5.92 Å². The minimum atomic E-state index is 0.217. The van der Waals surface area contributed by atoms with E-state index in [1.807, 2.05) is 18.5 Å². The normalized spacial score (nSPS) is 24.4. The molecule has 2 bridgehead atoms. The van der Waals surface area contributed by atoms with E-state index < -0.39 is 0 Å². The van der Waals surface area contributed by atoms with Crippen LogP contribution in [-0.4, -0.2) is 63.7 Å². The van der Waals surface area contributed by atoms with E-state index in [0.717, 1.165) is 70.1 Å². The Morgan fingerprint density at radius 2 is 1.90 bits per heavy atom. The molecule has 0 radical (unpaired) electrons. The van der Waals surface area contributed by atoms with Gasteiger partial charge in [-0.05, 0) is 30.0 Å². The van der Waals surface area contributed by atoms with Crippen LogP contribution in [-0.2, 0) is 24.4 Å². The number of aromatic nitrogens is 3. The number of hydrogen-bond donors (Lipinski definition) is 1. The molecular weight excluding hydrogens is 390 g/mol. The second kappa shape index (κ2) is 7.89. The predicted molar refractivity (Wildman–Crippen MR) is 119 cm³/mol. The van der Waals surface area contributed by atoms with E-state index in [4.69, 9.17) is 4.74 Å². The third-order valence-electron chi connectivity index (χ3n) is 7.22. The van der Waals surface area contributed by atoms with E-state index in [1.54, 1.807) is 0 Å². The Morgan fingerprint density at radius 1 is 1.03 bits per heavy atom. The molecule has 2 fully saturated rings. The lowest BCUT2D eigenvalue weighted by Gasteiger charge is -2.43. The van der Waals surface area contributed by atoms with Crippen molar-refractivity contribution in [2.45, 2.75) is 32.0 Å². The number of ether oxygens (including phenoxy) is 1. The molecule has 7 nitrogen and oxygen atoms in total. The highest BCUT2D eigenvalue weighted by Gasteiger charge is 2.35. The van der Waals surface area contributed by atoms with Crippen LogP contribution in [0.15, 0.2) is 41.6 Å². The molecule has 3 aliphatic rings. The summed E-state index contributed by atoms with van der Waals surface area (Å²) in [6.45, 7) is 7.89. The number of likely N-dealkylation sites (tertiary alicyclic amines) is 1. The zero-order valence-corrected chi connectivity index (χ0v) is 17.8. The fourth-order valence-corrected chi connectivity index (χ4v) is 5.73.